The van der Waals surface area contributed by atoms with E-state index in [1.165, 1.54) is 42.5 Å². The fourth-order valence-electron chi connectivity index (χ4n) is 2.31. The van der Waals surface area contributed by atoms with Gasteiger partial charge in [-0.2, -0.15) is 0 Å². The number of benzene rings is 2. The van der Waals surface area contributed by atoms with Crippen LogP contribution < -0.4 is 0 Å². The first-order chi connectivity index (χ1) is 12.0. The highest BCUT2D eigenvalue weighted by Gasteiger charge is 2.35. The van der Waals surface area contributed by atoms with Crippen LogP contribution in [0.4, 0.5) is 14.9 Å². The second kappa shape index (κ2) is 6.86. The molecule has 25 heavy (non-hydrogen) atoms. The van der Waals surface area contributed by atoms with Gasteiger partial charge in [0, 0.05) is 17.7 Å². The van der Waals surface area contributed by atoms with Crippen molar-refractivity contribution in [2.75, 3.05) is 0 Å². The summed E-state index contributed by atoms with van der Waals surface area (Å²) in [7, 11) is 0. The Hall–Kier alpha value is -3.00. The Balaban J connectivity index is 1.85. The van der Waals surface area contributed by atoms with E-state index in [0.29, 0.717) is 5.56 Å². The average molecular weight is 358 g/mol. The first kappa shape index (κ1) is 16.8. The Kier molecular flexibility index (Phi) is 4.62. The van der Waals surface area contributed by atoms with Gasteiger partial charge in [-0.1, -0.05) is 30.3 Å². The SMILES string of the molecule is O=C1S/C(=C\c2cccc([N+](=O)[O-])c2)C(=O)N1Cc1ccccc1F. The van der Waals surface area contributed by atoms with Gasteiger partial charge in [0.1, 0.15) is 5.82 Å². The van der Waals surface area contributed by atoms with Crippen molar-refractivity contribution in [1.82, 2.24) is 4.90 Å². The molecular formula is C17H11FN2O4S. The van der Waals surface area contributed by atoms with E-state index in [-0.39, 0.29) is 22.7 Å². The Morgan fingerprint density at radius 2 is 1.92 bits per heavy atom. The molecule has 1 heterocycles. The summed E-state index contributed by atoms with van der Waals surface area (Å²) in [6.07, 6.45) is 1.42. The number of non-ortho nitro benzene ring substituents is 1. The van der Waals surface area contributed by atoms with Crippen LogP contribution in [0.15, 0.2) is 53.4 Å². The maximum absolute atomic E-state index is 13.7. The van der Waals surface area contributed by atoms with Crippen LogP contribution in [0.5, 0.6) is 0 Å². The monoisotopic (exact) mass is 358 g/mol. The van der Waals surface area contributed by atoms with E-state index in [0.717, 1.165) is 16.7 Å². The zero-order chi connectivity index (χ0) is 18.0. The van der Waals surface area contributed by atoms with Crippen LogP contribution in [0, 0.1) is 15.9 Å². The van der Waals surface area contributed by atoms with Crippen molar-refractivity contribution in [3.63, 3.8) is 0 Å². The normalized spacial score (nSPS) is 15.9. The summed E-state index contributed by atoms with van der Waals surface area (Å²) in [5.41, 5.74) is 0.561. The molecule has 0 radical (unpaired) electrons. The average Bonchev–Trinajstić information content (AvgIpc) is 2.84. The van der Waals surface area contributed by atoms with Crippen molar-refractivity contribution < 1.29 is 18.9 Å². The second-order valence-corrected chi connectivity index (χ2v) is 6.20. The molecule has 0 atom stereocenters. The summed E-state index contributed by atoms with van der Waals surface area (Å²) in [5.74, 6) is -1.05. The number of amides is 2. The van der Waals surface area contributed by atoms with Crippen LogP contribution in [-0.2, 0) is 11.3 Å². The Morgan fingerprint density at radius 3 is 2.64 bits per heavy atom. The number of carbonyl (C=O) groups excluding carboxylic acids is 2. The van der Waals surface area contributed by atoms with Crippen LogP contribution in [0.25, 0.3) is 6.08 Å². The van der Waals surface area contributed by atoms with Gasteiger partial charge in [-0.15, -0.1) is 0 Å². The van der Waals surface area contributed by atoms with Crippen molar-refractivity contribution in [2.24, 2.45) is 0 Å². The first-order valence-corrected chi connectivity index (χ1v) is 8.00. The molecule has 0 saturated carbocycles. The number of nitro benzene ring substituents is 1. The molecule has 1 fully saturated rings. The lowest BCUT2D eigenvalue weighted by Gasteiger charge is -2.12. The summed E-state index contributed by atoms with van der Waals surface area (Å²) >= 11 is 0.722. The van der Waals surface area contributed by atoms with Gasteiger partial charge in [0.25, 0.3) is 16.8 Å². The molecule has 0 bridgehead atoms. The summed E-state index contributed by atoms with van der Waals surface area (Å²) in [6, 6.07) is 11.6. The van der Waals surface area contributed by atoms with E-state index in [1.807, 2.05) is 0 Å². The van der Waals surface area contributed by atoms with E-state index in [1.54, 1.807) is 12.1 Å². The number of thioether (sulfide) groups is 1. The highest BCUT2D eigenvalue weighted by atomic mass is 32.2. The van der Waals surface area contributed by atoms with E-state index in [4.69, 9.17) is 0 Å². The lowest BCUT2D eigenvalue weighted by Crippen LogP contribution is -2.27. The molecule has 1 saturated heterocycles. The minimum atomic E-state index is -0.551. The number of nitro groups is 1. The summed E-state index contributed by atoms with van der Waals surface area (Å²) < 4.78 is 13.7. The van der Waals surface area contributed by atoms with Crippen molar-refractivity contribution >= 4 is 34.7 Å². The Bertz CT molecular complexity index is 913. The third kappa shape index (κ3) is 3.58. The van der Waals surface area contributed by atoms with Crippen LogP contribution in [0.3, 0.4) is 0 Å². The van der Waals surface area contributed by atoms with E-state index < -0.39 is 21.9 Å². The molecule has 0 aromatic heterocycles. The van der Waals surface area contributed by atoms with Crippen LogP contribution in [0.1, 0.15) is 11.1 Å². The number of halogens is 1. The first-order valence-electron chi connectivity index (χ1n) is 7.19. The van der Waals surface area contributed by atoms with Gasteiger partial charge in [0.2, 0.25) is 0 Å². The third-order valence-corrected chi connectivity index (χ3v) is 4.45. The molecule has 0 N–H and O–H groups in total. The predicted molar refractivity (Wildman–Crippen MR) is 91.0 cm³/mol. The van der Waals surface area contributed by atoms with Gasteiger partial charge in [-0.3, -0.25) is 24.6 Å². The molecule has 2 amide bonds. The molecule has 6 nitrogen and oxygen atoms in total. The van der Waals surface area contributed by atoms with Gasteiger partial charge in [0.15, 0.2) is 0 Å². The fraction of sp³-hybridized carbons (Fsp3) is 0.0588. The molecule has 3 rings (SSSR count). The topological polar surface area (TPSA) is 80.5 Å². The number of imide groups is 1. The highest BCUT2D eigenvalue weighted by molar-refractivity contribution is 8.18. The molecule has 126 valence electrons. The zero-order valence-corrected chi connectivity index (χ0v) is 13.5. The molecule has 2 aromatic carbocycles. The summed E-state index contributed by atoms with van der Waals surface area (Å²) in [6.45, 7) is -0.163. The minimum absolute atomic E-state index is 0.112. The van der Waals surface area contributed by atoms with Crippen LogP contribution in [-0.4, -0.2) is 21.0 Å². The molecule has 1 aliphatic rings. The minimum Gasteiger partial charge on any atom is -0.268 e. The van der Waals surface area contributed by atoms with Gasteiger partial charge in [-0.05, 0) is 29.5 Å². The van der Waals surface area contributed by atoms with E-state index in [9.17, 15) is 24.1 Å². The van der Waals surface area contributed by atoms with Gasteiger partial charge >= 0.3 is 0 Å². The third-order valence-electron chi connectivity index (χ3n) is 3.54. The quantitative estimate of drug-likeness (QED) is 0.469. The number of hydrogen-bond acceptors (Lipinski definition) is 5. The standard InChI is InChI=1S/C17H11FN2O4S/c18-14-7-2-1-5-12(14)10-19-16(21)15(25-17(19)22)9-11-4-3-6-13(8-11)20(23)24/h1-9H,10H2/b15-9-. The summed E-state index contributed by atoms with van der Waals surface area (Å²) in [4.78, 5) is 35.8. The maximum Gasteiger partial charge on any atom is 0.293 e. The molecule has 1 aliphatic heterocycles. The molecule has 8 heteroatoms. The van der Waals surface area contributed by atoms with Crippen molar-refractivity contribution in [3.05, 3.63) is 80.5 Å². The lowest BCUT2D eigenvalue weighted by molar-refractivity contribution is -0.384. The Morgan fingerprint density at radius 1 is 1.16 bits per heavy atom. The number of nitrogens with zero attached hydrogens (tertiary/aromatic N) is 2. The van der Waals surface area contributed by atoms with Gasteiger partial charge in [-0.25, -0.2) is 4.39 Å². The molecular weight excluding hydrogens is 347 g/mol. The summed E-state index contributed by atoms with van der Waals surface area (Å²) in [5, 5.41) is 10.3. The highest BCUT2D eigenvalue weighted by Crippen LogP contribution is 2.33. The van der Waals surface area contributed by atoms with Gasteiger partial charge < -0.3 is 0 Å². The maximum atomic E-state index is 13.7. The zero-order valence-electron chi connectivity index (χ0n) is 12.7. The van der Waals surface area contributed by atoms with Gasteiger partial charge in [0.05, 0.1) is 16.4 Å². The lowest BCUT2D eigenvalue weighted by atomic mass is 10.1. The Labute approximate surface area is 146 Å². The smallest absolute Gasteiger partial charge is 0.268 e. The van der Waals surface area contributed by atoms with Crippen LogP contribution in [0.2, 0.25) is 0 Å². The number of carbonyl (C=O) groups is 2. The molecule has 2 aromatic rings. The largest absolute Gasteiger partial charge is 0.293 e. The molecule has 0 spiro atoms. The molecule has 0 unspecified atom stereocenters. The fourth-order valence-corrected chi connectivity index (χ4v) is 3.15. The van der Waals surface area contributed by atoms with E-state index in [2.05, 4.69) is 0 Å². The van der Waals surface area contributed by atoms with Crippen LogP contribution >= 0.6 is 11.8 Å². The van der Waals surface area contributed by atoms with Crippen molar-refractivity contribution in [1.29, 1.82) is 0 Å². The second-order valence-electron chi connectivity index (χ2n) is 5.21. The predicted octanol–water partition coefficient (Wildman–Crippen LogP) is 3.97. The van der Waals surface area contributed by atoms with Crippen molar-refractivity contribution in [2.45, 2.75) is 6.54 Å². The van der Waals surface area contributed by atoms with E-state index >= 15 is 0 Å². The number of hydrogen-bond donors (Lipinski definition) is 0. The van der Waals surface area contributed by atoms with Crippen molar-refractivity contribution in [3.8, 4) is 0 Å². The number of rotatable bonds is 4. The molecule has 0 aliphatic carbocycles.